The van der Waals surface area contributed by atoms with E-state index in [9.17, 15) is 0 Å². The highest BCUT2D eigenvalue weighted by molar-refractivity contribution is 6.13. The Morgan fingerprint density at radius 3 is 2.69 bits per heavy atom. The van der Waals surface area contributed by atoms with Crippen LogP contribution >= 0.6 is 0 Å². The number of methoxy groups -OCH3 is 1. The molecule has 0 saturated carbocycles. The molecule has 29 heavy (non-hydrogen) atoms. The Bertz CT molecular complexity index is 895. The second-order valence-electron chi connectivity index (χ2n) is 6.33. The first-order valence-electron chi connectivity index (χ1n) is 9.41. The Kier molecular flexibility index (Phi) is 7.10. The van der Waals surface area contributed by atoms with Gasteiger partial charge in [0.25, 0.3) is 0 Å². The molecule has 0 fully saturated rings. The molecule has 0 unspecified atom stereocenters. The average Bonchev–Trinajstić information content (AvgIpc) is 2.75. The van der Waals surface area contributed by atoms with Gasteiger partial charge in [-0.25, -0.2) is 0 Å². The molecule has 0 aliphatic carbocycles. The molecule has 0 bridgehead atoms. The summed E-state index contributed by atoms with van der Waals surface area (Å²) in [6, 6.07) is 9.25. The molecule has 0 spiro atoms. The van der Waals surface area contributed by atoms with E-state index in [1.165, 1.54) is 0 Å². The van der Waals surface area contributed by atoms with Gasteiger partial charge >= 0.3 is 0 Å². The van der Waals surface area contributed by atoms with Gasteiger partial charge in [-0.05, 0) is 36.8 Å². The fourth-order valence-corrected chi connectivity index (χ4v) is 2.99. The fourth-order valence-electron chi connectivity index (χ4n) is 2.99. The van der Waals surface area contributed by atoms with Crippen molar-refractivity contribution >= 4 is 17.5 Å². The van der Waals surface area contributed by atoms with Gasteiger partial charge in [0, 0.05) is 17.9 Å². The first-order valence-corrected chi connectivity index (χ1v) is 9.41. The van der Waals surface area contributed by atoms with E-state index >= 15 is 0 Å². The normalized spacial score (nSPS) is 12.9. The molecule has 3 N–H and O–H groups in total. The molecule has 2 aromatic rings. The van der Waals surface area contributed by atoms with Crippen LogP contribution in [-0.4, -0.2) is 39.4 Å². The van der Waals surface area contributed by atoms with E-state index in [1.807, 2.05) is 37.3 Å². The van der Waals surface area contributed by atoms with E-state index in [-0.39, 0.29) is 12.5 Å². The molecule has 0 saturated heterocycles. The number of hydrogen-bond donors (Lipinski definition) is 2. The number of rotatable bonds is 9. The van der Waals surface area contributed by atoms with Crippen molar-refractivity contribution in [3.8, 4) is 17.2 Å². The van der Waals surface area contributed by atoms with Gasteiger partial charge in [-0.3, -0.25) is 0 Å². The largest absolute Gasteiger partial charge is 0.496 e. The van der Waals surface area contributed by atoms with Crippen molar-refractivity contribution in [1.82, 2.24) is 0 Å². The number of allylic oxidation sites excluding steroid dienone is 1. The average molecular weight is 398 g/mol. The van der Waals surface area contributed by atoms with Crippen LogP contribution in [0.3, 0.4) is 0 Å². The lowest BCUT2D eigenvalue weighted by Crippen LogP contribution is -2.15. The predicted molar refractivity (Wildman–Crippen MR) is 112 cm³/mol. The van der Waals surface area contributed by atoms with E-state index < -0.39 is 0 Å². The number of nitrogen functional groups attached to an aromatic ring is 1. The number of hydrogen-bond acceptors (Lipinski definition) is 7. The zero-order valence-electron chi connectivity index (χ0n) is 16.7. The molecule has 7 heteroatoms. The summed E-state index contributed by atoms with van der Waals surface area (Å²) in [5, 5.41) is 8.52. The van der Waals surface area contributed by atoms with Crippen LogP contribution in [-0.2, 0) is 16.1 Å². The predicted octanol–water partition coefficient (Wildman–Crippen LogP) is 3.64. The van der Waals surface area contributed by atoms with Crippen LogP contribution in [0.5, 0.6) is 17.2 Å². The van der Waals surface area contributed by atoms with Gasteiger partial charge in [-0.15, -0.1) is 0 Å². The van der Waals surface area contributed by atoms with Crippen molar-refractivity contribution in [2.75, 3.05) is 39.5 Å². The zero-order valence-corrected chi connectivity index (χ0v) is 16.7. The third kappa shape index (κ3) is 5.07. The smallest absolute Gasteiger partial charge is 0.161 e. The maximum Gasteiger partial charge on any atom is 0.161 e. The SMILES string of the molecule is CCOCOCc1ccc(N)c(C(=N)/C=C/c2ccc3c(c2)OCCO3)c1OC. The highest BCUT2D eigenvalue weighted by atomic mass is 16.7. The third-order valence-corrected chi connectivity index (χ3v) is 4.38. The van der Waals surface area contributed by atoms with Gasteiger partial charge in [0.2, 0.25) is 0 Å². The van der Waals surface area contributed by atoms with Gasteiger partial charge in [0.05, 0.1) is 25.0 Å². The molecule has 0 aromatic heterocycles. The molecule has 1 aliphatic heterocycles. The van der Waals surface area contributed by atoms with E-state index in [1.54, 1.807) is 19.3 Å². The standard InChI is InChI=1S/C22H26N2O5/c1-3-26-14-27-13-16-6-8-18(24)21(22(16)25-2)17(23)7-4-15-5-9-19-20(12-15)29-11-10-28-19/h4-9,12,23H,3,10-11,13-14,24H2,1-2H3/b7-4+,23-17?. The van der Waals surface area contributed by atoms with E-state index in [2.05, 4.69) is 0 Å². The maximum absolute atomic E-state index is 8.52. The van der Waals surface area contributed by atoms with Crippen molar-refractivity contribution in [2.45, 2.75) is 13.5 Å². The molecular weight excluding hydrogens is 372 g/mol. The van der Waals surface area contributed by atoms with E-state index in [4.69, 9.17) is 34.8 Å². The molecule has 0 atom stereocenters. The minimum atomic E-state index is 0.195. The minimum Gasteiger partial charge on any atom is -0.496 e. The first-order chi connectivity index (χ1) is 14.1. The Balaban J connectivity index is 1.79. The summed E-state index contributed by atoms with van der Waals surface area (Å²) in [6.07, 6.45) is 3.52. The summed E-state index contributed by atoms with van der Waals surface area (Å²) < 4.78 is 27.4. The van der Waals surface area contributed by atoms with Crippen molar-refractivity contribution in [2.24, 2.45) is 0 Å². The molecule has 2 aromatic carbocycles. The highest BCUT2D eigenvalue weighted by Crippen LogP contribution is 2.32. The lowest BCUT2D eigenvalue weighted by molar-refractivity contribution is -0.0575. The maximum atomic E-state index is 8.52. The fraction of sp³-hybridized carbons (Fsp3) is 0.318. The van der Waals surface area contributed by atoms with E-state index in [0.717, 1.165) is 16.9 Å². The Hall–Kier alpha value is -3.03. The van der Waals surface area contributed by atoms with Crippen molar-refractivity contribution in [1.29, 1.82) is 5.41 Å². The highest BCUT2D eigenvalue weighted by Gasteiger charge is 2.16. The first kappa shape index (κ1) is 20.7. The molecule has 3 rings (SSSR count). The van der Waals surface area contributed by atoms with Crippen LogP contribution in [0.2, 0.25) is 0 Å². The molecule has 1 heterocycles. The molecule has 0 amide bonds. The summed E-state index contributed by atoms with van der Waals surface area (Å²) in [6.45, 7) is 4.06. The van der Waals surface area contributed by atoms with Gasteiger partial charge in [-0.2, -0.15) is 0 Å². The minimum absolute atomic E-state index is 0.195. The number of nitrogens with two attached hydrogens (primary N) is 1. The lowest BCUT2D eigenvalue weighted by Gasteiger charge is -2.18. The summed E-state index contributed by atoms with van der Waals surface area (Å²) in [5.41, 5.74) is 9.07. The van der Waals surface area contributed by atoms with Crippen molar-refractivity contribution in [3.63, 3.8) is 0 Å². The van der Waals surface area contributed by atoms with Crippen molar-refractivity contribution < 1.29 is 23.7 Å². The molecular formula is C22H26N2O5. The monoisotopic (exact) mass is 398 g/mol. The Morgan fingerprint density at radius 2 is 1.93 bits per heavy atom. The summed E-state index contributed by atoms with van der Waals surface area (Å²) in [4.78, 5) is 0. The third-order valence-electron chi connectivity index (χ3n) is 4.38. The van der Waals surface area contributed by atoms with Gasteiger partial charge in [-0.1, -0.05) is 18.2 Å². The van der Waals surface area contributed by atoms with Gasteiger partial charge < -0.3 is 34.8 Å². The molecule has 154 valence electrons. The number of nitrogens with one attached hydrogen (secondary N) is 1. The van der Waals surface area contributed by atoms with Crippen LogP contribution in [0.4, 0.5) is 5.69 Å². The Labute approximate surface area is 170 Å². The summed E-state index contributed by atoms with van der Waals surface area (Å²) >= 11 is 0. The van der Waals surface area contributed by atoms with Gasteiger partial charge in [0.15, 0.2) is 11.5 Å². The molecule has 7 nitrogen and oxygen atoms in total. The summed E-state index contributed by atoms with van der Waals surface area (Å²) in [7, 11) is 1.56. The number of ether oxygens (including phenoxy) is 5. The van der Waals surface area contributed by atoms with Crippen molar-refractivity contribution in [3.05, 3.63) is 53.1 Å². The number of anilines is 1. The zero-order chi connectivity index (χ0) is 20.6. The molecule has 0 radical (unpaired) electrons. The van der Waals surface area contributed by atoms with E-state index in [0.29, 0.717) is 49.2 Å². The van der Waals surface area contributed by atoms with Crippen LogP contribution < -0.4 is 19.9 Å². The van der Waals surface area contributed by atoms with Crippen LogP contribution in [0.15, 0.2) is 36.4 Å². The van der Waals surface area contributed by atoms with Crippen LogP contribution in [0.25, 0.3) is 6.08 Å². The Morgan fingerprint density at radius 1 is 1.14 bits per heavy atom. The second-order valence-corrected chi connectivity index (χ2v) is 6.33. The molecule has 1 aliphatic rings. The second kappa shape index (κ2) is 9.95. The quantitative estimate of drug-likeness (QED) is 0.290. The van der Waals surface area contributed by atoms with Gasteiger partial charge in [0.1, 0.15) is 25.8 Å². The van der Waals surface area contributed by atoms with Crippen LogP contribution in [0, 0.1) is 5.41 Å². The summed E-state index contributed by atoms with van der Waals surface area (Å²) in [5.74, 6) is 1.96. The lowest BCUT2D eigenvalue weighted by atomic mass is 10.0. The van der Waals surface area contributed by atoms with Crippen LogP contribution in [0.1, 0.15) is 23.6 Å². The number of benzene rings is 2. The number of fused-ring (bicyclic) bond motifs is 1. The topological polar surface area (TPSA) is 96.0 Å².